The lowest BCUT2D eigenvalue weighted by Gasteiger charge is -2.25. The van der Waals surface area contributed by atoms with Crippen LogP contribution in [0.4, 0.5) is 0 Å². The molecule has 6 nitrogen and oxygen atoms in total. The number of ketones is 1. The van der Waals surface area contributed by atoms with Gasteiger partial charge in [-0.15, -0.1) is 0 Å². The molecule has 1 atom stereocenters. The van der Waals surface area contributed by atoms with Crippen molar-refractivity contribution in [1.29, 1.82) is 0 Å². The maximum Gasteiger partial charge on any atom is 0.295 e. The lowest BCUT2D eigenvalue weighted by Crippen LogP contribution is -2.31. The van der Waals surface area contributed by atoms with E-state index in [2.05, 4.69) is 0 Å². The summed E-state index contributed by atoms with van der Waals surface area (Å²) in [6, 6.07) is 23.4. The minimum atomic E-state index is -0.718. The number of ether oxygens (including phenoxy) is 2. The summed E-state index contributed by atoms with van der Waals surface area (Å²) in [4.78, 5) is 28.1. The third-order valence-corrected chi connectivity index (χ3v) is 6.11. The molecule has 1 saturated heterocycles. The van der Waals surface area contributed by atoms with Crippen LogP contribution in [0, 0.1) is 0 Å². The van der Waals surface area contributed by atoms with Gasteiger partial charge in [-0.2, -0.15) is 0 Å². The fraction of sp³-hybridized carbons (Fsp3) is 0.267. The van der Waals surface area contributed by atoms with Gasteiger partial charge in [0.05, 0.1) is 24.8 Å². The fourth-order valence-corrected chi connectivity index (χ4v) is 4.37. The molecule has 6 heteroatoms. The molecule has 1 aliphatic heterocycles. The maximum absolute atomic E-state index is 13.3. The van der Waals surface area contributed by atoms with E-state index in [9.17, 15) is 14.7 Å². The first-order valence-corrected chi connectivity index (χ1v) is 12.3. The van der Waals surface area contributed by atoms with Gasteiger partial charge in [0.1, 0.15) is 17.3 Å². The van der Waals surface area contributed by atoms with Gasteiger partial charge in [0.2, 0.25) is 0 Å². The number of carbonyl (C=O) groups excluding carboxylic acids is 2. The summed E-state index contributed by atoms with van der Waals surface area (Å²) >= 11 is 0. The van der Waals surface area contributed by atoms with Gasteiger partial charge in [0, 0.05) is 12.1 Å². The number of nitrogens with zero attached hydrogens (tertiary/aromatic N) is 1. The predicted octanol–water partition coefficient (Wildman–Crippen LogP) is 5.54. The van der Waals surface area contributed by atoms with E-state index in [0.717, 1.165) is 17.5 Å². The Morgan fingerprint density at radius 2 is 1.64 bits per heavy atom. The first kappa shape index (κ1) is 25.0. The van der Waals surface area contributed by atoms with Crippen LogP contribution in [0.25, 0.3) is 5.76 Å². The molecule has 3 aromatic rings. The molecule has 1 heterocycles. The van der Waals surface area contributed by atoms with E-state index in [-0.39, 0.29) is 11.3 Å². The van der Waals surface area contributed by atoms with Crippen molar-refractivity contribution in [3.63, 3.8) is 0 Å². The third-order valence-electron chi connectivity index (χ3n) is 6.11. The van der Waals surface area contributed by atoms with Crippen LogP contribution in [0.15, 0.2) is 84.4 Å². The number of aliphatic hydroxyl groups excluding tert-OH is 1. The van der Waals surface area contributed by atoms with Crippen LogP contribution >= 0.6 is 0 Å². The fourth-order valence-electron chi connectivity index (χ4n) is 4.37. The van der Waals surface area contributed by atoms with Crippen LogP contribution in [-0.2, 0) is 16.0 Å². The number of amides is 1. The highest BCUT2D eigenvalue weighted by molar-refractivity contribution is 6.46. The Kier molecular flexibility index (Phi) is 8.06. The lowest BCUT2D eigenvalue weighted by atomic mass is 9.95. The van der Waals surface area contributed by atoms with Gasteiger partial charge in [-0.3, -0.25) is 9.59 Å². The van der Waals surface area contributed by atoms with Crippen molar-refractivity contribution in [3.05, 3.63) is 101 Å². The molecule has 1 amide bonds. The smallest absolute Gasteiger partial charge is 0.295 e. The Labute approximate surface area is 211 Å². The average molecular weight is 486 g/mol. The molecule has 1 unspecified atom stereocenters. The van der Waals surface area contributed by atoms with E-state index in [1.165, 1.54) is 0 Å². The monoisotopic (exact) mass is 485 g/mol. The van der Waals surface area contributed by atoms with E-state index in [4.69, 9.17) is 9.47 Å². The summed E-state index contributed by atoms with van der Waals surface area (Å²) in [5.74, 6) is -0.236. The van der Waals surface area contributed by atoms with Crippen LogP contribution in [0.5, 0.6) is 11.5 Å². The lowest BCUT2D eigenvalue weighted by molar-refractivity contribution is -0.139. The Morgan fingerprint density at radius 3 is 2.33 bits per heavy atom. The van der Waals surface area contributed by atoms with Crippen LogP contribution in [-0.4, -0.2) is 41.5 Å². The van der Waals surface area contributed by atoms with Crippen LogP contribution < -0.4 is 9.47 Å². The SMILES string of the molecule is CCCOc1cccc(C(O)=C2C(=O)C(=O)N(CCc3ccccc3)C2c2ccc(OCC)cc2)c1. The molecule has 0 saturated carbocycles. The Morgan fingerprint density at radius 1 is 0.889 bits per heavy atom. The van der Waals surface area contributed by atoms with Crippen LogP contribution in [0.1, 0.15) is 43.0 Å². The van der Waals surface area contributed by atoms with Crippen LogP contribution in [0.3, 0.4) is 0 Å². The standard InChI is InChI=1S/C30H31NO5/c1-3-19-36-25-12-8-11-23(20-25)28(32)26-27(22-13-15-24(16-14-22)35-4-2)31(30(34)29(26)33)18-17-21-9-6-5-7-10-21/h5-16,20,27,32H,3-4,17-19H2,1-2H3. The molecule has 36 heavy (non-hydrogen) atoms. The second-order valence-electron chi connectivity index (χ2n) is 8.61. The average Bonchev–Trinajstić information content (AvgIpc) is 3.16. The number of hydrogen-bond donors (Lipinski definition) is 1. The topological polar surface area (TPSA) is 76.1 Å². The van der Waals surface area contributed by atoms with Crippen molar-refractivity contribution in [2.75, 3.05) is 19.8 Å². The van der Waals surface area contributed by atoms with Gasteiger partial charge in [-0.05, 0) is 55.2 Å². The van der Waals surface area contributed by atoms with Gasteiger partial charge in [-0.25, -0.2) is 0 Å². The number of Topliss-reactive ketones (excluding diaryl/α,β-unsaturated/α-hetero) is 1. The molecule has 4 rings (SSSR count). The molecule has 3 aromatic carbocycles. The highest BCUT2D eigenvalue weighted by atomic mass is 16.5. The summed E-state index contributed by atoms with van der Waals surface area (Å²) in [5.41, 5.74) is 2.29. The van der Waals surface area contributed by atoms with E-state index in [1.54, 1.807) is 29.2 Å². The van der Waals surface area contributed by atoms with E-state index in [1.807, 2.05) is 68.4 Å². The number of hydrogen-bond acceptors (Lipinski definition) is 5. The Bertz CT molecular complexity index is 1230. The summed E-state index contributed by atoms with van der Waals surface area (Å²) in [6.45, 7) is 5.33. The number of likely N-dealkylation sites (tertiary alicyclic amines) is 1. The van der Waals surface area contributed by atoms with Crippen molar-refractivity contribution in [2.45, 2.75) is 32.7 Å². The molecular formula is C30H31NO5. The number of aliphatic hydroxyl groups is 1. The third kappa shape index (κ3) is 5.43. The first-order valence-electron chi connectivity index (χ1n) is 12.3. The summed E-state index contributed by atoms with van der Waals surface area (Å²) in [7, 11) is 0. The summed E-state index contributed by atoms with van der Waals surface area (Å²) in [5, 5.41) is 11.3. The van der Waals surface area contributed by atoms with Crippen molar-refractivity contribution in [1.82, 2.24) is 4.90 Å². The van der Waals surface area contributed by atoms with Gasteiger partial charge >= 0.3 is 0 Å². The zero-order chi connectivity index (χ0) is 25.5. The Hall–Kier alpha value is -4.06. The van der Waals surface area contributed by atoms with Gasteiger partial charge in [-0.1, -0.05) is 61.5 Å². The molecule has 0 aromatic heterocycles. The molecule has 1 fully saturated rings. The molecule has 186 valence electrons. The van der Waals surface area contributed by atoms with Crippen molar-refractivity contribution in [2.24, 2.45) is 0 Å². The van der Waals surface area contributed by atoms with E-state index >= 15 is 0 Å². The summed E-state index contributed by atoms with van der Waals surface area (Å²) < 4.78 is 11.3. The number of carbonyl (C=O) groups is 2. The van der Waals surface area contributed by atoms with Gasteiger partial charge < -0.3 is 19.5 Å². The van der Waals surface area contributed by atoms with Crippen molar-refractivity contribution < 1.29 is 24.2 Å². The normalized spacial score (nSPS) is 16.8. The Balaban J connectivity index is 1.75. The highest BCUT2D eigenvalue weighted by Crippen LogP contribution is 2.40. The van der Waals surface area contributed by atoms with E-state index < -0.39 is 17.7 Å². The first-order chi connectivity index (χ1) is 17.5. The van der Waals surface area contributed by atoms with Crippen molar-refractivity contribution in [3.8, 4) is 11.5 Å². The highest BCUT2D eigenvalue weighted by Gasteiger charge is 2.45. The zero-order valence-electron chi connectivity index (χ0n) is 20.6. The largest absolute Gasteiger partial charge is 0.507 e. The minimum absolute atomic E-state index is 0.0739. The zero-order valence-corrected chi connectivity index (χ0v) is 20.6. The molecule has 0 bridgehead atoms. The molecule has 1 aliphatic rings. The van der Waals surface area contributed by atoms with Gasteiger partial charge in [0.25, 0.3) is 11.7 Å². The van der Waals surface area contributed by atoms with E-state index in [0.29, 0.717) is 43.2 Å². The summed E-state index contributed by atoms with van der Waals surface area (Å²) in [6.07, 6.45) is 1.43. The minimum Gasteiger partial charge on any atom is -0.507 e. The van der Waals surface area contributed by atoms with Crippen LogP contribution in [0.2, 0.25) is 0 Å². The molecular weight excluding hydrogens is 454 g/mol. The molecule has 0 spiro atoms. The second kappa shape index (κ2) is 11.6. The predicted molar refractivity (Wildman–Crippen MR) is 139 cm³/mol. The molecule has 1 N–H and O–H groups in total. The molecule has 0 radical (unpaired) electrons. The molecule has 0 aliphatic carbocycles. The van der Waals surface area contributed by atoms with Crippen molar-refractivity contribution >= 4 is 17.4 Å². The number of benzene rings is 3. The number of rotatable bonds is 10. The second-order valence-corrected chi connectivity index (χ2v) is 8.61. The van der Waals surface area contributed by atoms with Gasteiger partial charge in [0.15, 0.2) is 0 Å². The quantitative estimate of drug-likeness (QED) is 0.232. The maximum atomic E-state index is 13.3.